The van der Waals surface area contributed by atoms with E-state index in [9.17, 15) is 13.6 Å². The summed E-state index contributed by atoms with van der Waals surface area (Å²) in [5.74, 6) is -1.56. The summed E-state index contributed by atoms with van der Waals surface area (Å²) in [5.41, 5.74) is 2.61. The van der Waals surface area contributed by atoms with Gasteiger partial charge in [-0.2, -0.15) is 0 Å². The zero-order valence-electron chi connectivity index (χ0n) is 13.5. The largest absolute Gasteiger partial charge is 0.371 e. The van der Waals surface area contributed by atoms with Gasteiger partial charge >= 0.3 is 0 Å². The monoisotopic (exact) mass is 331 g/mol. The molecule has 1 aliphatic rings. The maximum Gasteiger partial charge on any atom is 0.226 e. The molecule has 1 amide bonds. The van der Waals surface area contributed by atoms with Gasteiger partial charge in [-0.25, -0.2) is 8.78 Å². The normalized spacial score (nSPS) is 16.5. The topological polar surface area (TPSA) is 29.5 Å². The molecular formula is C19H19F2NO2. The fourth-order valence-electron chi connectivity index (χ4n) is 2.90. The van der Waals surface area contributed by atoms with Gasteiger partial charge in [0, 0.05) is 26.1 Å². The average Bonchev–Trinajstić information content (AvgIpc) is 2.57. The number of carbonyl (C=O) groups excluding carboxylic acids is 1. The fraction of sp³-hybridized carbons (Fsp3) is 0.316. The molecule has 1 atom stereocenters. The van der Waals surface area contributed by atoms with E-state index in [0.717, 1.165) is 18.6 Å². The van der Waals surface area contributed by atoms with Gasteiger partial charge in [-0.05, 0) is 22.8 Å². The van der Waals surface area contributed by atoms with Crippen LogP contribution in [-0.2, 0) is 29.0 Å². The second-order valence-corrected chi connectivity index (χ2v) is 6.09. The summed E-state index contributed by atoms with van der Waals surface area (Å²) in [6.45, 7) is 0.978. The summed E-state index contributed by atoms with van der Waals surface area (Å²) in [7, 11) is 1.67. The highest BCUT2D eigenvalue weighted by atomic mass is 19.1. The van der Waals surface area contributed by atoms with Crippen molar-refractivity contribution >= 4 is 5.91 Å². The van der Waals surface area contributed by atoms with Gasteiger partial charge in [0.25, 0.3) is 0 Å². The lowest BCUT2D eigenvalue weighted by atomic mass is 9.99. The van der Waals surface area contributed by atoms with Gasteiger partial charge < -0.3 is 9.64 Å². The van der Waals surface area contributed by atoms with Crippen LogP contribution >= 0.6 is 0 Å². The molecule has 3 nitrogen and oxygen atoms in total. The predicted molar refractivity (Wildman–Crippen MR) is 86.4 cm³/mol. The molecule has 3 rings (SSSR count). The first-order valence-electron chi connectivity index (χ1n) is 7.89. The number of rotatable bonds is 4. The Morgan fingerprint density at radius 3 is 2.71 bits per heavy atom. The molecule has 0 bridgehead atoms. The van der Waals surface area contributed by atoms with Crippen molar-refractivity contribution in [1.29, 1.82) is 0 Å². The number of hydrogen-bond donors (Lipinski definition) is 0. The van der Waals surface area contributed by atoms with Crippen molar-refractivity contribution < 1.29 is 18.3 Å². The van der Waals surface area contributed by atoms with E-state index in [1.165, 1.54) is 17.2 Å². The smallest absolute Gasteiger partial charge is 0.226 e. The van der Waals surface area contributed by atoms with Crippen molar-refractivity contribution in [3.63, 3.8) is 0 Å². The molecule has 0 saturated carbocycles. The van der Waals surface area contributed by atoms with Crippen LogP contribution in [0.1, 0.15) is 16.7 Å². The van der Waals surface area contributed by atoms with Crippen LogP contribution in [0.15, 0.2) is 42.5 Å². The number of benzene rings is 2. The van der Waals surface area contributed by atoms with Crippen LogP contribution < -0.4 is 0 Å². The van der Waals surface area contributed by atoms with Gasteiger partial charge in [0.2, 0.25) is 5.91 Å². The quantitative estimate of drug-likeness (QED) is 0.861. The molecule has 0 radical (unpaired) electrons. The van der Waals surface area contributed by atoms with Crippen molar-refractivity contribution in [1.82, 2.24) is 4.90 Å². The van der Waals surface area contributed by atoms with Gasteiger partial charge in [-0.3, -0.25) is 4.79 Å². The Balaban J connectivity index is 1.59. The van der Waals surface area contributed by atoms with Crippen molar-refractivity contribution in [2.24, 2.45) is 0 Å². The molecule has 2 aromatic carbocycles. The van der Waals surface area contributed by atoms with Crippen LogP contribution in [0.4, 0.5) is 8.78 Å². The third-order valence-corrected chi connectivity index (χ3v) is 4.30. The Hall–Kier alpha value is -2.27. The van der Waals surface area contributed by atoms with Crippen molar-refractivity contribution in [2.75, 3.05) is 13.6 Å². The zero-order valence-corrected chi connectivity index (χ0v) is 13.5. The lowest BCUT2D eigenvalue weighted by Gasteiger charge is -2.29. The summed E-state index contributed by atoms with van der Waals surface area (Å²) >= 11 is 0. The summed E-state index contributed by atoms with van der Waals surface area (Å²) in [5, 5.41) is 0. The third-order valence-electron chi connectivity index (χ3n) is 4.30. The molecule has 0 fully saturated rings. The highest BCUT2D eigenvalue weighted by Gasteiger charge is 2.22. The van der Waals surface area contributed by atoms with Crippen LogP contribution in [-0.4, -0.2) is 30.5 Å². The Bertz CT molecular complexity index is 748. The molecule has 1 aliphatic heterocycles. The zero-order chi connectivity index (χ0) is 17.1. The molecule has 1 unspecified atom stereocenters. The van der Waals surface area contributed by atoms with E-state index in [0.29, 0.717) is 13.2 Å². The highest BCUT2D eigenvalue weighted by molar-refractivity contribution is 5.78. The predicted octanol–water partition coefficient (Wildman–Crippen LogP) is 3.11. The number of carbonyl (C=O) groups is 1. The molecule has 0 aliphatic carbocycles. The van der Waals surface area contributed by atoms with Gasteiger partial charge in [-0.1, -0.05) is 30.3 Å². The number of amides is 1. The molecule has 0 spiro atoms. The SMILES string of the molecule is CN(CC1Cc2ccccc2CO1)C(=O)Cc1ccc(F)cc1F. The first-order chi connectivity index (χ1) is 11.5. The molecular weight excluding hydrogens is 312 g/mol. The number of likely N-dealkylation sites (N-methyl/N-ethyl adjacent to an activating group) is 1. The minimum absolute atomic E-state index is 0.0769. The molecule has 0 saturated heterocycles. The number of halogens is 2. The first-order valence-corrected chi connectivity index (χ1v) is 7.89. The summed E-state index contributed by atoms with van der Waals surface area (Å²) in [4.78, 5) is 13.8. The van der Waals surface area contributed by atoms with E-state index in [1.54, 1.807) is 11.9 Å². The minimum Gasteiger partial charge on any atom is -0.371 e. The van der Waals surface area contributed by atoms with Crippen molar-refractivity contribution in [2.45, 2.75) is 25.6 Å². The summed E-state index contributed by atoms with van der Waals surface area (Å²) in [6, 6.07) is 11.3. The molecule has 24 heavy (non-hydrogen) atoms. The van der Waals surface area contributed by atoms with Gasteiger partial charge in [0.1, 0.15) is 11.6 Å². The van der Waals surface area contributed by atoms with Crippen LogP contribution in [0.5, 0.6) is 0 Å². The number of nitrogens with zero attached hydrogens (tertiary/aromatic N) is 1. The highest BCUT2D eigenvalue weighted by Crippen LogP contribution is 2.21. The molecule has 5 heteroatoms. The van der Waals surface area contributed by atoms with Gasteiger partial charge in [0.05, 0.1) is 19.1 Å². The van der Waals surface area contributed by atoms with E-state index in [-0.39, 0.29) is 24.0 Å². The third kappa shape index (κ3) is 3.79. The van der Waals surface area contributed by atoms with E-state index in [4.69, 9.17) is 4.74 Å². The van der Waals surface area contributed by atoms with Gasteiger partial charge in [-0.15, -0.1) is 0 Å². The lowest BCUT2D eigenvalue weighted by Crippen LogP contribution is -2.39. The van der Waals surface area contributed by atoms with Crippen LogP contribution in [0.25, 0.3) is 0 Å². The summed E-state index contributed by atoms with van der Waals surface area (Å²) in [6.07, 6.45) is 0.580. The van der Waals surface area contributed by atoms with E-state index in [2.05, 4.69) is 6.07 Å². The molecule has 0 N–H and O–H groups in total. The van der Waals surface area contributed by atoms with Crippen LogP contribution in [0.3, 0.4) is 0 Å². The van der Waals surface area contributed by atoms with E-state index >= 15 is 0 Å². The fourth-order valence-corrected chi connectivity index (χ4v) is 2.90. The Labute approximate surface area is 139 Å². The Kier molecular flexibility index (Phi) is 4.90. The van der Waals surface area contributed by atoms with Crippen LogP contribution in [0, 0.1) is 11.6 Å². The van der Waals surface area contributed by atoms with Crippen LogP contribution in [0.2, 0.25) is 0 Å². The first kappa shape index (κ1) is 16.6. The van der Waals surface area contributed by atoms with E-state index < -0.39 is 11.6 Å². The summed E-state index contributed by atoms with van der Waals surface area (Å²) < 4.78 is 32.4. The van der Waals surface area contributed by atoms with Gasteiger partial charge in [0.15, 0.2) is 0 Å². The average molecular weight is 331 g/mol. The van der Waals surface area contributed by atoms with E-state index in [1.807, 2.05) is 18.2 Å². The second-order valence-electron chi connectivity index (χ2n) is 6.09. The standard InChI is InChI=1S/C19H19F2NO2/c1-22(19(23)9-14-6-7-16(20)10-18(14)21)11-17-8-13-4-2-3-5-15(13)12-24-17/h2-7,10,17H,8-9,11-12H2,1H3. The lowest BCUT2D eigenvalue weighted by molar-refractivity contribution is -0.131. The number of hydrogen-bond acceptors (Lipinski definition) is 2. The Morgan fingerprint density at radius 1 is 1.21 bits per heavy atom. The molecule has 2 aromatic rings. The molecule has 126 valence electrons. The second kappa shape index (κ2) is 7.09. The Morgan fingerprint density at radius 2 is 1.96 bits per heavy atom. The van der Waals surface area contributed by atoms with Crippen molar-refractivity contribution in [3.8, 4) is 0 Å². The molecule has 0 aromatic heterocycles. The maximum absolute atomic E-state index is 13.7. The van der Waals surface area contributed by atoms with Crippen molar-refractivity contribution in [3.05, 3.63) is 70.8 Å². The maximum atomic E-state index is 13.7. The molecule has 1 heterocycles. The number of fused-ring (bicyclic) bond motifs is 1. The minimum atomic E-state index is -0.695. The number of ether oxygens (including phenoxy) is 1.